The molecule has 0 atom stereocenters. The van der Waals surface area contributed by atoms with Crippen molar-refractivity contribution in [3.05, 3.63) is 29.8 Å². The third kappa shape index (κ3) is 2.88. The first kappa shape index (κ1) is 12.1. The summed E-state index contributed by atoms with van der Waals surface area (Å²) in [6.45, 7) is 0. The maximum absolute atomic E-state index is 10.4. The first-order valence-electron chi connectivity index (χ1n) is 3.10. The van der Waals surface area contributed by atoms with Crippen molar-refractivity contribution in [1.82, 2.24) is 0 Å². The van der Waals surface area contributed by atoms with E-state index in [1.165, 1.54) is 13.2 Å². The Bertz CT molecular complexity index is 273. The minimum absolute atomic E-state index is 0. The Morgan fingerprint density at radius 2 is 2.00 bits per heavy atom. The fourth-order valence-corrected chi connectivity index (χ4v) is 0.813. The summed E-state index contributed by atoms with van der Waals surface area (Å²) in [6, 6.07) is 6.33. The number of para-hydroxylation sites is 1. The number of hydrogen-bond acceptors (Lipinski definition) is 3. The number of methoxy groups -OCH3 is 1. The van der Waals surface area contributed by atoms with E-state index in [0.29, 0.717) is 5.75 Å². The molecular weight excluding hydrogens is 183 g/mol. The maximum atomic E-state index is 10.4. The molecule has 58 valence electrons. The van der Waals surface area contributed by atoms with Gasteiger partial charge in [0.1, 0.15) is 5.75 Å². The molecule has 0 saturated heterocycles. The van der Waals surface area contributed by atoms with Crippen LogP contribution in [0.5, 0.6) is 5.75 Å². The standard InChI is InChI=1S/C8H8O3.K/c1-11-7-5-3-2-4-6(7)8(9)10;/h2-5H,1H3,(H,9,10);/q;+1/p-1. The molecule has 0 spiro atoms. The van der Waals surface area contributed by atoms with Crippen LogP contribution in [0.2, 0.25) is 0 Å². The molecular formula is C8H7KO3. The van der Waals surface area contributed by atoms with Gasteiger partial charge in [-0.25, -0.2) is 0 Å². The zero-order chi connectivity index (χ0) is 8.27. The van der Waals surface area contributed by atoms with Gasteiger partial charge < -0.3 is 14.6 Å². The molecule has 0 amide bonds. The molecule has 0 aliphatic heterocycles. The Morgan fingerprint density at radius 1 is 1.42 bits per heavy atom. The first-order valence-corrected chi connectivity index (χ1v) is 3.10. The molecule has 0 radical (unpaired) electrons. The van der Waals surface area contributed by atoms with Crippen LogP contribution >= 0.6 is 0 Å². The van der Waals surface area contributed by atoms with Crippen LogP contribution in [-0.2, 0) is 0 Å². The number of benzene rings is 1. The van der Waals surface area contributed by atoms with E-state index >= 15 is 0 Å². The molecule has 12 heavy (non-hydrogen) atoms. The molecule has 0 aromatic heterocycles. The van der Waals surface area contributed by atoms with Crippen molar-refractivity contribution in [2.24, 2.45) is 0 Å². The number of carbonyl (C=O) groups is 1. The third-order valence-electron chi connectivity index (χ3n) is 1.33. The normalized spacial score (nSPS) is 8.42. The molecule has 0 aliphatic carbocycles. The van der Waals surface area contributed by atoms with Gasteiger partial charge in [-0.3, -0.25) is 0 Å². The molecule has 0 N–H and O–H groups in total. The van der Waals surface area contributed by atoms with Gasteiger partial charge in [0.05, 0.1) is 13.1 Å². The molecule has 4 heteroatoms. The average Bonchev–Trinajstić information content (AvgIpc) is 2.04. The second-order valence-electron chi connectivity index (χ2n) is 1.99. The van der Waals surface area contributed by atoms with E-state index in [4.69, 9.17) is 4.74 Å². The SMILES string of the molecule is COc1ccccc1C(=O)[O-].[K+]. The summed E-state index contributed by atoms with van der Waals surface area (Å²) in [6.07, 6.45) is 0. The Hall–Kier alpha value is 0.126. The van der Waals surface area contributed by atoms with Crippen LogP contribution in [0.3, 0.4) is 0 Å². The van der Waals surface area contributed by atoms with Gasteiger partial charge in [-0.1, -0.05) is 12.1 Å². The van der Waals surface area contributed by atoms with Gasteiger partial charge in [0, 0.05) is 5.56 Å². The van der Waals surface area contributed by atoms with Gasteiger partial charge in [0.15, 0.2) is 0 Å². The van der Waals surface area contributed by atoms with E-state index in [2.05, 4.69) is 0 Å². The second-order valence-corrected chi connectivity index (χ2v) is 1.99. The Balaban J connectivity index is 0.00000121. The minimum Gasteiger partial charge on any atom is -0.545 e. The topological polar surface area (TPSA) is 49.4 Å². The fourth-order valence-electron chi connectivity index (χ4n) is 0.813. The molecule has 0 aliphatic rings. The number of carbonyl (C=O) groups excluding carboxylic acids is 1. The predicted molar refractivity (Wildman–Crippen MR) is 37.3 cm³/mol. The molecule has 3 nitrogen and oxygen atoms in total. The summed E-state index contributed by atoms with van der Waals surface area (Å²) < 4.78 is 4.79. The molecule has 0 unspecified atom stereocenters. The van der Waals surface area contributed by atoms with Crippen LogP contribution in [0, 0.1) is 0 Å². The van der Waals surface area contributed by atoms with Crippen molar-refractivity contribution in [3.8, 4) is 5.75 Å². The Kier molecular flexibility index (Phi) is 5.78. The molecule has 0 bridgehead atoms. The fraction of sp³-hybridized carbons (Fsp3) is 0.125. The monoisotopic (exact) mass is 190 g/mol. The van der Waals surface area contributed by atoms with Crippen LogP contribution < -0.4 is 61.2 Å². The minimum atomic E-state index is -1.22. The Labute approximate surface area is 113 Å². The van der Waals surface area contributed by atoms with Gasteiger partial charge >= 0.3 is 51.4 Å². The number of rotatable bonds is 2. The summed E-state index contributed by atoms with van der Waals surface area (Å²) in [5.41, 5.74) is 0.0787. The summed E-state index contributed by atoms with van der Waals surface area (Å²) in [7, 11) is 1.42. The van der Waals surface area contributed by atoms with Crippen molar-refractivity contribution in [2.45, 2.75) is 0 Å². The van der Waals surface area contributed by atoms with Gasteiger partial charge in [0.25, 0.3) is 0 Å². The van der Waals surface area contributed by atoms with E-state index in [9.17, 15) is 9.90 Å². The van der Waals surface area contributed by atoms with Crippen molar-refractivity contribution in [3.63, 3.8) is 0 Å². The van der Waals surface area contributed by atoms with E-state index in [1.807, 2.05) is 0 Å². The van der Waals surface area contributed by atoms with Crippen LogP contribution in [0.25, 0.3) is 0 Å². The first-order chi connectivity index (χ1) is 5.25. The molecule has 1 rings (SSSR count). The summed E-state index contributed by atoms with van der Waals surface area (Å²) in [4.78, 5) is 10.4. The van der Waals surface area contributed by atoms with Gasteiger partial charge in [-0.2, -0.15) is 0 Å². The average molecular weight is 190 g/mol. The zero-order valence-electron chi connectivity index (χ0n) is 7.03. The molecule has 1 aromatic carbocycles. The molecule has 0 saturated carbocycles. The second kappa shape index (κ2) is 5.72. The summed E-state index contributed by atoms with van der Waals surface area (Å²) in [5, 5.41) is 10.4. The van der Waals surface area contributed by atoms with Gasteiger partial charge in [-0.05, 0) is 12.1 Å². The summed E-state index contributed by atoms with van der Waals surface area (Å²) in [5.74, 6) is -0.894. The van der Waals surface area contributed by atoms with Crippen molar-refractivity contribution in [2.75, 3.05) is 7.11 Å². The van der Waals surface area contributed by atoms with Crippen molar-refractivity contribution >= 4 is 5.97 Å². The van der Waals surface area contributed by atoms with Gasteiger partial charge in [-0.15, -0.1) is 0 Å². The number of aromatic carboxylic acids is 1. The van der Waals surface area contributed by atoms with Crippen LogP contribution in [0.15, 0.2) is 24.3 Å². The zero-order valence-corrected chi connectivity index (χ0v) is 10.2. The molecule has 0 fully saturated rings. The van der Waals surface area contributed by atoms with Crippen LogP contribution in [0.1, 0.15) is 10.4 Å². The number of carboxylic acid groups (broad SMARTS) is 1. The van der Waals surface area contributed by atoms with E-state index in [1.54, 1.807) is 18.2 Å². The van der Waals surface area contributed by atoms with Crippen LogP contribution in [0.4, 0.5) is 0 Å². The van der Waals surface area contributed by atoms with E-state index < -0.39 is 5.97 Å². The van der Waals surface area contributed by atoms with Crippen molar-refractivity contribution in [1.29, 1.82) is 0 Å². The van der Waals surface area contributed by atoms with E-state index in [0.717, 1.165) is 0 Å². The van der Waals surface area contributed by atoms with Gasteiger partial charge in [0.2, 0.25) is 0 Å². The smallest absolute Gasteiger partial charge is 0.545 e. The number of carboxylic acids is 1. The molecule has 0 heterocycles. The van der Waals surface area contributed by atoms with E-state index in [-0.39, 0.29) is 56.9 Å². The maximum Gasteiger partial charge on any atom is 1.00 e. The number of ether oxygens (including phenoxy) is 1. The van der Waals surface area contributed by atoms with Crippen molar-refractivity contribution < 1.29 is 66.0 Å². The Morgan fingerprint density at radius 3 is 2.42 bits per heavy atom. The number of hydrogen-bond donors (Lipinski definition) is 0. The molecule has 1 aromatic rings. The predicted octanol–water partition coefficient (Wildman–Crippen LogP) is -2.94. The third-order valence-corrected chi connectivity index (χ3v) is 1.33. The quantitative estimate of drug-likeness (QED) is 0.469. The van der Waals surface area contributed by atoms with Crippen LogP contribution in [-0.4, -0.2) is 13.1 Å². The largest absolute Gasteiger partial charge is 1.00 e. The summed E-state index contributed by atoms with van der Waals surface area (Å²) >= 11 is 0.